The van der Waals surface area contributed by atoms with Crippen LogP contribution in [-0.4, -0.2) is 29.9 Å². The molecule has 1 aliphatic rings. The highest BCUT2D eigenvalue weighted by molar-refractivity contribution is 6.14. The summed E-state index contributed by atoms with van der Waals surface area (Å²) in [6.07, 6.45) is 0. The molecule has 54 heavy (non-hydrogen) atoms. The van der Waals surface area contributed by atoms with Crippen molar-refractivity contribution >= 4 is 76.5 Å². The van der Waals surface area contributed by atoms with Crippen molar-refractivity contribution in [2.24, 2.45) is 0 Å². The van der Waals surface area contributed by atoms with E-state index in [4.69, 9.17) is 0 Å². The highest BCUT2D eigenvalue weighted by atomic mass is 19.2. The minimum Gasteiger partial charge on any atom is -0.324 e. The summed E-state index contributed by atoms with van der Waals surface area (Å²) in [5.41, 5.74) is -1.30. The molecule has 0 spiro atoms. The third kappa shape index (κ3) is 3.98. The second kappa shape index (κ2) is 10.5. The minimum atomic E-state index is -2.11. The van der Waals surface area contributed by atoms with E-state index in [1.54, 1.807) is 0 Å². The Balaban J connectivity index is 1.44. The van der Waals surface area contributed by atoms with Crippen LogP contribution >= 0.6 is 0 Å². The van der Waals surface area contributed by atoms with Crippen LogP contribution in [0.25, 0.3) is 99.2 Å². The quantitative estimate of drug-likeness (QED) is 0.0918. The molecule has 4 heterocycles. The molecule has 6 bridgehead atoms. The van der Waals surface area contributed by atoms with E-state index < -0.39 is 102 Å². The number of halogens is 12. The molecule has 0 unspecified atom stereocenters. The summed E-state index contributed by atoms with van der Waals surface area (Å²) in [5, 5.41) is -4.83. The van der Waals surface area contributed by atoms with Gasteiger partial charge >= 0.3 is 0 Å². The van der Waals surface area contributed by atoms with Crippen LogP contribution in [-0.2, 0) is 0 Å². The van der Waals surface area contributed by atoms with Crippen molar-refractivity contribution < 1.29 is 52.7 Å². The Morgan fingerprint density at radius 1 is 0.259 bits per heavy atom. The van der Waals surface area contributed by atoms with Crippen LogP contribution in [0, 0.1) is 69.8 Å². The van der Waals surface area contributed by atoms with Gasteiger partial charge in [0.15, 0.2) is 81.5 Å². The van der Waals surface area contributed by atoms with Crippen LogP contribution in [0.1, 0.15) is 0 Å². The third-order valence-corrected chi connectivity index (χ3v) is 9.47. The number of fused-ring (bicyclic) bond motifs is 18. The standard InChI is InChI=1S/C36H8F12N6/c37-19-7-1-13-14(2-8(7)20(38)26(44)25(19)43)32-49-31(13)52-33-15-3-9-10(22(40)28(46)27(45)21(9)39)4-16(15)35(50-33)54-36-18-6-12-11(5-17(18)34(51-36)53-32)23(41)29(47)30(48)24(12)42/h1-6H,(H2,49,50,51,52,53,54). The number of H-pyrrole nitrogens is 2. The van der Waals surface area contributed by atoms with Crippen LogP contribution in [0.2, 0.25) is 0 Å². The third-order valence-electron chi connectivity index (χ3n) is 9.47. The molecule has 0 saturated carbocycles. The summed E-state index contributed by atoms with van der Waals surface area (Å²) < 4.78 is 176. The predicted octanol–water partition coefficient (Wildman–Crippen LogP) is 10.4. The number of nitrogens with zero attached hydrogens (tertiary/aromatic N) is 4. The molecule has 0 amide bonds. The molecule has 18 heteroatoms. The number of hydrogen-bond donors (Lipinski definition) is 2. The van der Waals surface area contributed by atoms with Gasteiger partial charge in [-0.2, -0.15) is 0 Å². The Kier molecular flexibility index (Phi) is 6.19. The molecule has 0 saturated heterocycles. The van der Waals surface area contributed by atoms with E-state index in [-0.39, 0.29) is 66.9 Å². The zero-order chi connectivity index (χ0) is 37.8. The first-order chi connectivity index (χ1) is 25.7. The largest absolute Gasteiger partial charge is 0.324 e. The van der Waals surface area contributed by atoms with Crippen LogP contribution in [0.15, 0.2) is 36.4 Å². The molecule has 0 radical (unpaired) electrons. The van der Waals surface area contributed by atoms with E-state index in [0.29, 0.717) is 0 Å². The molecule has 0 aliphatic carbocycles. The average Bonchev–Trinajstić information content (AvgIpc) is 3.81. The number of nitrogens with one attached hydrogen (secondary N) is 2. The molecular formula is C36H8F12N6. The Bertz CT molecular complexity index is 3160. The van der Waals surface area contributed by atoms with Crippen LogP contribution in [0.4, 0.5) is 52.7 Å². The molecule has 9 aromatic rings. The van der Waals surface area contributed by atoms with Crippen LogP contribution in [0.5, 0.6) is 0 Å². The zero-order valence-corrected chi connectivity index (χ0v) is 25.8. The van der Waals surface area contributed by atoms with E-state index in [1.807, 2.05) is 0 Å². The summed E-state index contributed by atoms with van der Waals surface area (Å²) in [4.78, 5) is 23.2. The summed E-state index contributed by atoms with van der Waals surface area (Å²) in [6.45, 7) is 0. The van der Waals surface area contributed by atoms with Crippen LogP contribution < -0.4 is 0 Å². The molecule has 6 aromatic carbocycles. The topological polar surface area (TPSA) is 83.1 Å². The fraction of sp³-hybridized carbons (Fsp3) is 0. The maximum atomic E-state index is 15.0. The van der Waals surface area contributed by atoms with Crippen molar-refractivity contribution in [3.8, 4) is 22.8 Å². The van der Waals surface area contributed by atoms with Gasteiger partial charge in [-0.05, 0) is 36.4 Å². The SMILES string of the molecule is Fc1c(F)c(F)c2cc3c(cc2c1F)-c1nc-3nc2[nH]c(nc3[nH]c(n1)c1cc4c(F)c(F)c(F)c(F)c4cc31)c1cc3c(F)c(F)c(F)c(F)c3cc21. The smallest absolute Gasteiger partial charge is 0.198 e. The van der Waals surface area contributed by atoms with Gasteiger partial charge in [-0.3, -0.25) is 0 Å². The van der Waals surface area contributed by atoms with Gasteiger partial charge in [0.05, 0.1) is 0 Å². The first kappa shape index (κ1) is 32.0. The second-order valence-corrected chi connectivity index (χ2v) is 12.3. The Labute approximate surface area is 288 Å². The maximum Gasteiger partial charge on any atom is 0.198 e. The van der Waals surface area contributed by atoms with Crippen molar-refractivity contribution in [3.63, 3.8) is 0 Å². The summed E-state index contributed by atoms with van der Waals surface area (Å²) in [7, 11) is 0. The van der Waals surface area contributed by atoms with E-state index in [1.165, 1.54) is 0 Å². The molecular weight excluding hydrogens is 744 g/mol. The van der Waals surface area contributed by atoms with E-state index in [9.17, 15) is 26.3 Å². The van der Waals surface area contributed by atoms with Crippen molar-refractivity contribution in [3.05, 3.63) is 106 Å². The molecule has 1 aliphatic heterocycles. The van der Waals surface area contributed by atoms with Gasteiger partial charge in [0, 0.05) is 65.0 Å². The average molecular weight is 752 g/mol. The fourth-order valence-corrected chi connectivity index (χ4v) is 6.89. The van der Waals surface area contributed by atoms with Gasteiger partial charge in [-0.25, -0.2) is 72.6 Å². The van der Waals surface area contributed by atoms with Crippen LogP contribution in [0.3, 0.4) is 0 Å². The first-order valence-corrected chi connectivity index (χ1v) is 15.3. The number of rotatable bonds is 0. The number of hydrogen-bond acceptors (Lipinski definition) is 4. The van der Waals surface area contributed by atoms with Crippen molar-refractivity contribution in [2.45, 2.75) is 0 Å². The summed E-state index contributed by atoms with van der Waals surface area (Å²) >= 11 is 0. The van der Waals surface area contributed by atoms with Crippen molar-refractivity contribution in [2.75, 3.05) is 0 Å². The highest BCUT2D eigenvalue weighted by Gasteiger charge is 2.28. The van der Waals surface area contributed by atoms with E-state index in [2.05, 4.69) is 29.9 Å². The lowest BCUT2D eigenvalue weighted by Crippen LogP contribution is -1.98. The van der Waals surface area contributed by atoms with E-state index >= 15 is 26.3 Å². The zero-order valence-electron chi connectivity index (χ0n) is 25.8. The summed E-state index contributed by atoms with van der Waals surface area (Å²) in [5.74, 6) is -23.9. The van der Waals surface area contributed by atoms with Gasteiger partial charge in [0.25, 0.3) is 0 Å². The minimum absolute atomic E-state index is 0.107. The molecule has 266 valence electrons. The lowest BCUT2D eigenvalue weighted by molar-refractivity contribution is 0.418. The van der Waals surface area contributed by atoms with Gasteiger partial charge in [0.1, 0.15) is 22.6 Å². The van der Waals surface area contributed by atoms with Gasteiger partial charge in [0.2, 0.25) is 0 Å². The normalized spacial score (nSPS) is 12.4. The highest BCUT2D eigenvalue weighted by Crippen LogP contribution is 2.41. The molecule has 0 atom stereocenters. The lowest BCUT2D eigenvalue weighted by atomic mass is 10.00. The number of aromatic nitrogens is 6. The summed E-state index contributed by atoms with van der Waals surface area (Å²) in [6, 6.07) is 5.47. The molecule has 10 rings (SSSR count). The number of benzene rings is 6. The predicted molar refractivity (Wildman–Crippen MR) is 170 cm³/mol. The monoisotopic (exact) mass is 752 g/mol. The Morgan fingerprint density at radius 2 is 0.500 bits per heavy atom. The molecule has 3 aromatic heterocycles. The number of aromatic amines is 2. The lowest BCUT2D eigenvalue weighted by Gasteiger charge is -2.07. The molecule has 6 nitrogen and oxygen atoms in total. The Morgan fingerprint density at radius 3 is 0.778 bits per heavy atom. The second-order valence-electron chi connectivity index (χ2n) is 12.3. The van der Waals surface area contributed by atoms with Gasteiger partial charge in [-0.1, -0.05) is 0 Å². The molecule has 0 fully saturated rings. The Hall–Kier alpha value is -6.72. The maximum absolute atomic E-state index is 15.0. The molecule has 2 N–H and O–H groups in total. The van der Waals surface area contributed by atoms with Gasteiger partial charge < -0.3 is 9.97 Å². The first-order valence-electron chi connectivity index (χ1n) is 15.3. The van der Waals surface area contributed by atoms with Crippen molar-refractivity contribution in [1.82, 2.24) is 29.9 Å². The van der Waals surface area contributed by atoms with E-state index in [0.717, 1.165) is 36.4 Å². The fourth-order valence-electron chi connectivity index (χ4n) is 6.89. The van der Waals surface area contributed by atoms with Crippen molar-refractivity contribution in [1.29, 1.82) is 0 Å². The van der Waals surface area contributed by atoms with Gasteiger partial charge in [-0.15, -0.1) is 0 Å².